The Balaban J connectivity index is 1.80. The van der Waals surface area contributed by atoms with Gasteiger partial charge in [0.25, 0.3) is 0 Å². The summed E-state index contributed by atoms with van der Waals surface area (Å²) < 4.78 is 0. The molecule has 1 heterocycles. The lowest BCUT2D eigenvalue weighted by molar-refractivity contribution is 0.550. The Kier molecular flexibility index (Phi) is 6.49. The molecule has 0 fully saturated rings. The molecule has 21 heavy (non-hydrogen) atoms. The first-order chi connectivity index (χ1) is 10.1. The smallest absolute Gasteiger partial charge is 0.187 e. The summed E-state index contributed by atoms with van der Waals surface area (Å²) in [6.45, 7) is 6.22. The molecule has 112 valence electrons. The number of halogens is 1. The molecule has 0 atom stereocenters. The van der Waals surface area contributed by atoms with Crippen LogP contribution in [0.15, 0.2) is 41.8 Å². The minimum absolute atomic E-state index is 0.653. The van der Waals surface area contributed by atoms with Gasteiger partial charge in [-0.1, -0.05) is 49.3 Å². The van der Waals surface area contributed by atoms with E-state index in [9.17, 15) is 0 Å². The van der Waals surface area contributed by atoms with E-state index >= 15 is 0 Å². The van der Waals surface area contributed by atoms with Gasteiger partial charge in [-0.05, 0) is 30.2 Å². The number of rotatable bonds is 7. The summed E-state index contributed by atoms with van der Waals surface area (Å²) in [6.07, 6.45) is 3.79. The fourth-order valence-corrected chi connectivity index (χ4v) is 2.61. The van der Waals surface area contributed by atoms with Gasteiger partial charge in [0, 0.05) is 35.3 Å². The maximum atomic E-state index is 5.87. The maximum absolute atomic E-state index is 5.87. The molecule has 1 aromatic heterocycles. The summed E-state index contributed by atoms with van der Waals surface area (Å²) in [5.74, 6) is 1.50. The Bertz CT molecular complexity index is 540. The van der Waals surface area contributed by atoms with Crippen molar-refractivity contribution in [2.45, 2.75) is 31.3 Å². The molecule has 2 aromatic rings. The molecular formula is C16H20ClN3S. The van der Waals surface area contributed by atoms with Gasteiger partial charge in [0.15, 0.2) is 5.16 Å². The zero-order chi connectivity index (χ0) is 15.1. The van der Waals surface area contributed by atoms with Gasteiger partial charge in [-0.15, -0.1) is 0 Å². The first kappa shape index (κ1) is 16.3. The van der Waals surface area contributed by atoms with Gasteiger partial charge >= 0.3 is 0 Å². The minimum Gasteiger partial charge on any atom is -0.312 e. The summed E-state index contributed by atoms with van der Waals surface area (Å²) in [7, 11) is 0. The fraction of sp³-hybridized carbons (Fsp3) is 0.375. The van der Waals surface area contributed by atoms with Crippen molar-refractivity contribution < 1.29 is 0 Å². The molecule has 0 aliphatic heterocycles. The van der Waals surface area contributed by atoms with Crippen LogP contribution >= 0.6 is 23.4 Å². The summed E-state index contributed by atoms with van der Waals surface area (Å²) in [4.78, 5) is 8.79. The van der Waals surface area contributed by atoms with Crippen LogP contribution in [0, 0.1) is 5.92 Å². The summed E-state index contributed by atoms with van der Waals surface area (Å²) >= 11 is 7.50. The minimum atomic E-state index is 0.653. The Labute approximate surface area is 135 Å². The molecule has 0 aliphatic carbocycles. The van der Waals surface area contributed by atoms with Crippen molar-refractivity contribution in [3.63, 3.8) is 0 Å². The van der Waals surface area contributed by atoms with E-state index in [2.05, 4.69) is 29.1 Å². The Morgan fingerprint density at radius 3 is 2.38 bits per heavy atom. The molecule has 1 aromatic carbocycles. The Morgan fingerprint density at radius 2 is 1.76 bits per heavy atom. The van der Waals surface area contributed by atoms with E-state index in [1.807, 2.05) is 36.7 Å². The third-order valence-corrected chi connectivity index (χ3v) is 4.04. The highest BCUT2D eigenvalue weighted by Gasteiger charge is 2.01. The first-order valence-electron chi connectivity index (χ1n) is 7.02. The molecule has 5 heteroatoms. The Morgan fingerprint density at radius 1 is 1.10 bits per heavy atom. The zero-order valence-electron chi connectivity index (χ0n) is 12.3. The molecule has 3 nitrogen and oxygen atoms in total. The van der Waals surface area contributed by atoms with E-state index < -0.39 is 0 Å². The van der Waals surface area contributed by atoms with Crippen LogP contribution in [0.5, 0.6) is 0 Å². The largest absolute Gasteiger partial charge is 0.312 e. The standard InChI is InChI=1S/C16H20ClN3S/c1-12(2)7-18-8-14-9-19-16(20-10-14)21-11-13-3-5-15(17)6-4-13/h3-6,9-10,12,18H,7-8,11H2,1-2H3. The third kappa shape index (κ3) is 6.04. The van der Waals surface area contributed by atoms with E-state index in [-0.39, 0.29) is 0 Å². The molecule has 0 aliphatic rings. The van der Waals surface area contributed by atoms with Crippen molar-refractivity contribution in [1.29, 1.82) is 0 Å². The average Bonchev–Trinajstić information content (AvgIpc) is 2.48. The number of aromatic nitrogens is 2. The van der Waals surface area contributed by atoms with Crippen molar-refractivity contribution in [3.8, 4) is 0 Å². The van der Waals surface area contributed by atoms with E-state index in [1.54, 1.807) is 11.8 Å². The number of hydrogen-bond donors (Lipinski definition) is 1. The van der Waals surface area contributed by atoms with Crippen molar-refractivity contribution in [2.24, 2.45) is 5.92 Å². The van der Waals surface area contributed by atoms with Crippen molar-refractivity contribution in [2.75, 3.05) is 6.54 Å². The van der Waals surface area contributed by atoms with Crippen molar-refractivity contribution in [3.05, 3.63) is 52.8 Å². The highest BCUT2D eigenvalue weighted by molar-refractivity contribution is 7.98. The molecule has 0 amide bonds. The second-order valence-corrected chi connectivity index (χ2v) is 6.69. The monoisotopic (exact) mass is 321 g/mol. The lowest BCUT2D eigenvalue weighted by atomic mass is 10.2. The van der Waals surface area contributed by atoms with Gasteiger partial charge in [0.1, 0.15) is 0 Å². The highest BCUT2D eigenvalue weighted by Crippen LogP contribution is 2.20. The van der Waals surface area contributed by atoms with Crippen LogP contribution < -0.4 is 5.32 Å². The first-order valence-corrected chi connectivity index (χ1v) is 8.38. The van der Waals surface area contributed by atoms with Crippen LogP contribution in [0.3, 0.4) is 0 Å². The SMILES string of the molecule is CC(C)CNCc1cnc(SCc2ccc(Cl)cc2)nc1. The lowest BCUT2D eigenvalue weighted by Gasteiger charge is -2.07. The van der Waals surface area contributed by atoms with Gasteiger partial charge in [-0.2, -0.15) is 0 Å². The maximum Gasteiger partial charge on any atom is 0.187 e. The molecule has 0 radical (unpaired) electrons. The number of thioether (sulfide) groups is 1. The third-order valence-electron chi connectivity index (χ3n) is 2.84. The van der Waals surface area contributed by atoms with Crippen LogP contribution in [0.25, 0.3) is 0 Å². The second-order valence-electron chi connectivity index (χ2n) is 5.31. The zero-order valence-corrected chi connectivity index (χ0v) is 13.9. The van der Waals surface area contributed by atoms with Crippen molar-refractivity contribution >= 4 is 23.4 Å². The predicted octanol–water partition coefficient (Wildman–Crippen LogP) is 4.17. The normalized spacial score (nSPS) is 11.0. The molecule has 0 unspecified atom stereocenters. The van der Waals surface area contributed by atoms with E-state index in [4.69, 9.17) is 11.6 Å². The lowest BCUT2D eigenvalue weighted by Crippen LogP contribution is -2.19. The van der Waals surface area contributed by atoms with Crippen LogP contribution in [-0.4, -0.2) is 16.5 Å². The molecule has 0 bridgehead atoms. The highest BCUT2D eigenvalue weighted by atomic mass is 35.5. The van der Waals surface area contributed by atoms with Crippen LogP contribution in [0.2, 0.25) is 5.02 Å². The number of hydrogen-bond acceptors (Lipinski definition) is 4. The molecule has 0 saturated carbocycles. The van der Waals surface area contributed by atoms with Crippen molar-refractivity contribution in [1.82, 2.24) is 15.3 Å². The second kappa shape index (κ2) is 8.37. The number of benzene rings is 1. The van der Waals surface area contributed by atoms with Gasteiger partial charge in [-0.3, -0.25) is 0 Å². The quantitative estimate of drug-likeness (QED) is 0.613. The van der Waals surface area contributed by atoms with Gasteiger partial charge in [0.05, 0.1) is 0 Å². The van der Waals surface area contributed by atoms with E-state index in [1.165, 1.54) is 5.56 Å². The average molecular weight is 322 g/mol. The summed E-state index contributed by atoms with van der Waals surface area (Å²) in [5.41, 5.74) is 2.34. The van der Waals surface area contributed by atoms with Gasteiger partial charge < -0.3 is 5.32 Å². The Hall–Kier alpha value is -1.10. The molecule has 0 saturated heterocycles. The molecular weight excluding hydrogens is 302 g/mol. The fourth-order valence-electron chi connectivity index (χ4n) is 1.74. The van der Waals surface area contributed by atoms with E-state index in [0.29, 0.717) is 5.92 Å². The number of nitrogens with one attached hydrogen (secondary N) is 1. The van der Waals surface area contributed by atoms with E-state index in [0.717, 1.165) is 34.6 Å². The summed E-state index contributed by atoms with van der Waals surface area (Å²) in [5, 5.41) is 4.95. The van der Waals surface area contributed by atoms with Crippen LogP contribution in [0.1, 0.15) is 25.0 Å². The molecule has 1 N–H and O–H groups in total. The predicted molar refractivity (Wildman–Crippen MR) is 89.6 cm³/mol. The van der Waals surface area contributed by atoms with Crippen LogP contribution in [0.4, 0.5) is 0 Å². The van der Waals surface area contributed by atoms with Crippen LogP contribution in [-0.2, 0) is 12.3 Å². The topological polar surface area (TPSA) is 37.8 Å². The van der Waals surface area contributed by atoms with Gasteiger partial charge in [0.2, 0.25) is 0 Å². The molecule has 0 spiro atoms. The van der Waals surface area contributed by atoms with Gasteiger partial charge in [-0.25, -0.2) is 9.97 Å². The summed E-state index contributed by atoms with van der Waals surface area (Å²) in [6, 6.07) is 7.86. The molecule has 2 rings (SSSR count). The number of nitrogens with zero attached hydrogens (tertiary/aromatic N) is 2.